The lowest BCUT2D eigenvalue weighted by Gasteiger charge is -2.15. The Kier molecular flexibility index (Phi) is 8.34. The molecule has 2 rings (SSSR count). The van der Waals surface area contributed by atoms with Gasteiger partial charge >= 0.3 is 0 Å². The zero-order chi connectivity index (χ0) is 20.4. The Labute approximate surface area is 167 Å². The van der Waals surface area contributed by atoms with Crippen molar-refractivity contribution < 1.29 is 9.53 Å². The van der Waals surface area contributed by atoms with Crippen LogP contribution >= 0.6 is 0 Å². The number of methoxy groups -OCH3 is 1. The number of carbonyl (C=O) groups is 1. The van der Waals surface area contributed by atoms with Crippen molar-refractivity contribution in [2.45, 2.75) is 25.8 Å². The van der Waals surface area contributed by atoms with Crippen LogP contribution in [0.15, 0.2) is 53.5 Å². The van der Waals surface area contributed by atoms with Crippen molar-refractivity contribution in [3.8, 4) is 5.75 Å². The van der Waals surface area contributed by atoms with Gasteiger partial charge in [0.2, 0.25) is 0 Å². The molecular weight excluding hydrogens is 352 g/mol. The molecule has 0 saturated carbocycles. The number of hydrogen-bond acceptors (Lipinski definition) is 3. The monoisotopic (exact) mass is 382 g/mol. The summed E-state index contributed by atoms with van der Waals surface area (Å²) in [5, 5.41) is 9.27. The number of benzene rings is 2. The van der Waals surface area contributed by atoms with E-state index in [0.29, 0.717) is 18.0 Å². The van der Waals surface area contributed by atoms with Crippen LogP contribution in [0.25, 0.3) is 0 Å². The molecule has 6 nitrogen and oxygen atoms in total. The van der Waals surface area contributed by atoms with Crippen LogP contribution in [-0.4, -0.2) is 39.6 Å². The SMILES string of the molecule is CN=C(NCCC(C)c1ccc(OC)cc1)NCc1ccc(C(=O)NC)cc1. The first kappa shape index (κ1) is 21.3. The van der Waals surface area contributed by atoms with Crippen molar-refractivity contribution in [1.29, 1.82) is 0 Å². The molecule has 28 heavy (non-hydrogen) atoms. The lowest BCUT2D eigenvalue weighted by atomic mass is 9.98. The van der Waals surface area contributed by atoms with E-state index in [0.717, 1.165) is 30.2 Å². The molecule has 1 amide bonds. The highest BCUT2D eigenvalue weighted by atomic mass is 16.5. The summed E-state index contributed by atoms with van der Waals surface area (Å²) in [7, 11) is 5.07. The van der Waals surface area contributed by atoms with Gasteiger partial charge in [-0.3, -0.25) is 9.79 Å². The zero-order valence-electron chi connectivity index (χ0n) is 17.1. The number of rotatable bonds is 8. The van der Waals surface area contributed by atoms with Gasteiger partial charge in [0.05, 0.1) is 7.11 Å². The molecule has 0 aliphatic carbocycles. The third kappa shape index (κ3) is 6.30. The fraction of sp³-hybridized carbons (Fsp3) is 0.364. The van der Waals surface area contributed by atoms with Gasteiger partial charge in [-0.1, -0.05) is 31.2 Å². The number of aliphatic imine (C=N–C) groups is 1. The highest BCUT2D eigenvalue weighted by Crippen LogP contribution is 2.21. The summed E-state index contributed by atoms with van der Waals surface area (Å²) in [6, 6.07) is 15.7. The molecule has 0 radical (unpaired) electrons. The van der Waals surface area contributed by atoms with Gasteiger partial charge in [-0.15, -0.1) is 0 Å². The second-order valence-electron chi connectivity index (χ2n) is 6.59. The number of amides is 1. The van der Waals surface area contributed by atoms with E-state index in [4.69, 9.17) is 4.74 Å². The fourth-order valence-electron chi connectivity index (χ4n) is 2.83. The van der Waals surface area contributed by atoms with Gasteiger partial charge in [0, 0.05) is 32.7 Å². The quantitative estimate of drug-likeness (QED) is 0.485. The van der Waals surface area contributed by atoms with E-state index >= 15 is 0 Å². The van der Waals surface area contributed by atoms with Crippen molar-refractivity contribution in [3.05, 3.63) is 65.2 Å². The largest absolute Gasteiger partial charge is 0.497 e. The van der Waals surface area contributed by atoms with Crippen molar-refractivity contribution in [3.63, 3.8) is 0 Å². The summed E-state index contributed by atoms with van der Waals surface area (Å²) in [6.45, 7) is 3.68. The molecular formula is C22H30N4O2. The third-order valence-electron chi connectivity index (χ3n) is 4.68. The van der Waals surface area contributed by atoms with E-state index in [1.807, 2.05) is 36.4 Å². The molecule has 150 valence electrons. The molecule has 0 aliphatic rings. The van der Waals surface area contributed by atoms with E-state index in [2.05, 4.69) is 40.0 Å². The van der Waals surface area contributed by atoms with Gasteiger partial charge in [-0.25, -0.2) is 0 Å². The summed E-state index contributed by atoms with van der Waals surface area (Å²) < 4.78 is 5.21. The van der Waals surface area contributed by atoms with Gasteiger partial charge in [0.15, 0.2) is 5.96 Å². The molecule has 0 aromatic heterocycles. The second-order valence-corrected chi connectivity index (χ2v) is 6.59. The molecule has 1 atom stereocenters. The molecule has 2 aromatic carbocycles. The van der Waals surface area contributed by atoms with E-state index in [1.54, 1.807) is 21.2 Å². The number of ether oxygens (including phenoxy) is 1. The van der Waals surface area contributed by atoms with Crippen molar-refractivity contribution >= 4 is 11.9 Å². The van der Waals surface area contributed by atoms with Crippen LogP contribution in [0.5, 0.6) is 5.75 Å². The van der Waals surface area contributed by atoms with E-state index in [9.17, 15) is 4.79 Å². The lowest BCUT2D eigenvalue weighted by molar-refractivity contribution is 0.0963. The zero-order valence-corrected chi connectivity index (χ0v) is 17.1. The summed E-state index contributed by atoms with van der Waals surface area (Å²) in [5.41, 5.74) is 3.03. The van der Waals surface area contributed by atoms with Crippen LogP contribution < -0.4 is 20.7 Å². The maximum Gasteiger partial charge on any atom is 0.251 e. The first-order valence-corrected chi connectivity index (χ1v) is 9.46. The van der Waals surface area contributed by atoms with Gasteiger partial charge < -0.3 is 20.7 Å². The minimum atomic E-state index is -0.0806. The van der Waals surface area contributed by atoms with E-state index in [1.165, 1.54) is 5.56 Å². The summed E-state index contributed by atoms with van der Waals surface area (Å²) in [5.74, 6) is 2.00. The van der Waals surface area contributed by atoms with Crippen LogP contribution in [0, 0.1) is 0 Å². The smallest absolute Gasteiger partial charge is 0.251 e. The Morgan fingerprint density at radius 2 is 1.75 bits per heavy atom. The number of guanidine groups is 1. The minimum absolute atomic E-state index is 0.0806. The highest BCUT2D eigenvalue weighted by Gasteiger charge is 2.07. The topological polar surface area (TPSA) is 74.8 Å². The molecule has 0 heterocycles. The lowest BCUT2D eigenvalue weighted by Crippen LogP contribution is -2.37. The maximum atomic E-state index is 11.6. The molecule has 2 aromatic rings. The van der Waals surface area contributed by atoms with Crippen LogP contribution in [0.3, 0.4) is 0 Å². The third-order valence-corrected chi connectivity index (χ3v) is 4.68. The molecule has 0 aliphatic heterocycles. The Balaban J connectivity index is 1.77. The van der Waals surface area contributed by atoms with Gasteiger partial charge in [-0.05, 0) is 47.7 Å². The number of carbonyl (C=O) groups excluding carboxylic acids is 1. The second kappa shape index (κ2) is 11.0. The highest BCUT2D eigenvalue weighted by molar-refractivity contribution is 5.93. The molecule has 0 saturated heterocycles. The molecule has 0 spiro atoms. The normalized spacial score (nSPS) is 12.2. The van der Waals surface area contributed by atoms with Crippen LogP contribution in [-0.2, 0) is 6.54 Å². The minimum Gasteiger partial charge on any atom is -0.497 e. The molecule has 0 bridgehead atoms. The first-order valence-electron chi connectivity index (χ1n) is 9.46. The first-order chi connectivity index (χ1) is 13.6. The average molecular weight is 383 g/mol. The average Bonchev–Trinajstić information content (AvgIpc) is 2.75. The number of nitrogens with zero attached hydrogens (tertiary/aromatic N) is 1. The van der Waals surface area contributed by atoms with Crippen LogP contribution in [0.4, 0.5) is 0 Å². The standard InChI is InChI=1S/C22H30N4O2/c1-16(18-9-11-20(28-4)12-10-18)13-14-25-22(24-3)26-15-17-5-7-19(8-6-17)21(27)23-2/h5-12,16H,13-15H2,1-4H3,(H,23,27)(H2,24,25,26). The van der Waals surface area contributed by atoms with Crippen molar-refractivity contribution in [2.75, 3.05) is 27.7 Å². The van der Waals surface area contributed by atoms with Crippen LogP contribution in [0.1, 0.15) is 40.7 Å². The molecule has 1 unspecified atom stereocenters. The fourth-order valence-corrected chi connectivity index (χ4v) is 2.83. The number of hydrogen-bond donors (Lipinski definition) is 3. The van der Waals surface area contributed by atoms with Gasteiger partial charge in [0.1, 0.15) is 5.75 Å². The summed E-state index contributed by atoms with van der Waals surface area (Å²) in [4.78, 5) is 15.9. The Morgan fingerprint density at radius 3 is 2.32 bits per heavy atom. The van der Waals surface area contributed by atoms with Crippen LogP contribution in [0.2, 0.25) is 0 Å². The summed E-state index contributed by atoms with van der Waals surface area (Å²) in [6.07, 6.45) is 0.994. The Hall–Kier alpha value is -3.02. The van der Waals surface area contributed by atoms with Gasteiger partial charge in [0.25, 0.3) is 5.91 Å². The van der Waals surface area contributed by atoms with Crippen molar-refractivity contribution in [1.82, 2.24) is 16.0 Å². The Morgan fingerprint density at radius 1 is 1.07 bits per heavy atom. The van der Waals surface area contributed by atoms with E-state index < -0.39 is 0 Å². The van der Waals surface area contributed by atoms with E-state index in [-0.39, 0.29) is 5.91 Å². The number of nitrogens with one attached hydrogen (secondary N) is 3. The predicted molar refractivity (Wildman–Crippen MR) is 114 cm³/mol. The predicted octanol–water partition coefficient (Wildman–Crippen LogP) is 2.91. The molecule has 3 N–H and O–H groups in total. The Bertz CT molecular complexity index is 770. The molecule has 6 heteroatoms. The van der Waals surface area contributed by atoms with Crippen molar-refractivity contribution in [2.24, 2.45) is 4.99 Å². The van der Waals surface area contributed by atoms with Gasteiger partial charge in [-0.2, -0.15) is 0 Å². The molecule has 0 fully saturated rings. The summed E-state index contributed by atoms with van der Waals surface area (Å²) >= 11 is 0. The maximum absolute atomic E-state index is 11.6.